The van der Waals surface area contributed by atoms with Gasteiger partial charge in [0.05, 0.1) is 11.1 Å². The van der Waals surface area contributed by atoms with E-state index in [-0.39, 0.29) is 11.1 Å². The highest BCUT2D eigenvalue weighted by molar-refractivity contribution is 6.05. The van der Waals surface area contributed by atoms with Crippen LogP contribution in [-0.4, -0.2) is 60.3 Å². The number of benzene rings is 1. The van der Waals surface area contributed by atoms with E-state index < -0.39 is 55.1 Å². The molecule has 0 aromatic heterocycles. The molecule has 0 aliphatic carbocycles. The first kappa shape index (κ1) is 24.8. The van der Waals surface area contributed by atoms with Crippen LogP contribution in [0.25, 0.3) is 0 Å². The molecule has 0 saturated carbocycles. The molecule has 0 bridgehead atoms. The minimum Gasteiger partial charge on any atom is -0.478 e. The Hall–Kier alpha value is -4.21. The third kappa shape index (κ3) is 7.61. The largest absolute Gasteiger partial charge is 0.478 e. The first-order chi connectivity index (χ1) is 14.7. The summed E-state index contributed by atoms with van der Waals surface area (Å²) < 4.78 is 14.9. The van der Waals surface area contributed by atoms with Gasteiger partial charge in [0.1, 0.15) is 25.4 Å². The number of aromatic carboxylic acids is 1. The quantitative estimate of drug-likeness (QED) is 0.282. The fourth-order valence-electron chi connectivity index (χ4n) is 2.21. The Bertz CT molecular complexity index is 844. The molecule has 0 aliphatic heterocycles. The highest BCUT2D eigenvalue weighted by atomic mass is 16.6. The lowest BCUT2D eigenvalue weighted by atomic mass is 10.0. The summed E-state index contributed by atoms with van der Waals surface area (Å²) in [6.07, 6.45) is 2.58. The first-order valence-corrected chi connectivity index (χ1v) is 8.70. The smallest absolute Gasteiger partial charge is 0.336 e. The summed E-state index contributed by atoms with van der Waals surface area (Å²) in [4.78, 5) is 59.0. The van der Waals surface area contributed by atoms with E-state index in [9.17, 15) is 29.1 Å². The molecule has 0 spiro atoms. The number of carbonyl (C=O) groups excluding carboxylic acids is 4. The van der Waals surface area contributed by atoms with E-state index in [1.54, 1.807) is 0 Å². The zero-order chi connectivity index (χ0) is 23.4. The standard InChI is InChI=1S/C21H21NO9/c1-4-16(23)29-11-21(12-30-17(24)5-2,13-31-18(25)6-3)22-19(26)14-9-7-8-10-15(14)20(27)28/h4-10H,1-3,11-13H2,(H,22,26)(H,27,28). The Morgan fingerprint density at radius 3 is 1.55 bits per heavy atom. The van der Waals surface area contributed by atoms with Crippen molar-refractivity contribution >= 4 is 29.8 Å². The molecular weight excluding hydrogens is 410 g/mol. The van der Waals surface area contributed by atoms with Gasteiger partial charge in [0.2, 0.25) is 0 Å². The Morgan fingerprint density at radius 1 is 0.806 bits per heavy atom. The van der Waals surface area contributed by atoms with Crippen LogP contribution in [-0.2, 0) is 28.6 Å². The average molecular weight is 431 g/mol. The molecule has 164 valence electrons. The maximum absolute atomic E-state index is 12.9. The van der Waals surface area contributed by atoms with Gasteiger partial charge < -0.3 is 24.6 Å². The van der Waals surface area contributed by atoms with Crippen LogP contribution in [0.5, 0.6) is 0 Å². The third-order valence-electron chi connectivity index (χ3n) is 3.75. The third-order valence-corrected chi connectivity index (χ3v) is 3.75. The van der Waals surface area contributed by atoms with E-state index in [1.165, 1.54) is 24.3 Å². The second kappa shape index (κ2) is 11.7. The van der Waals surface area contributed by atoms with E-state index in [4.69, 9.17) is 14.2 Å². The summed E-state index contributed by atoms with van der Waals surface area (Å²) in [5.74, 6) is -4.86. The van der Waals surface area contributed by atoms with Gasteiger partial charge in [0.25, 0.3) is 5.91 Å². The number of ether oxygens (including phenoxy) is 3. The molecular formula is C21H21NO9. The molecule has 1 rings (SSSR count). The van der Waals surface area contributed by atoms with Crippen molar-refractivity contribution in [1.29, 1.82) is 0 Å². The molecule has 10 heteroatoms. The minimum atomic E-state index is -1.77. The van der Waals surface area contributed by atoms with Crippen molar-refractivity contribution in [2.45, 2.75) is 5.54 Å². The lowest BCUT2D eigenvalue weighted by Gasteiger charge is -2.33. The first-order valence-electron chi connectivity index (χ1n) is 8.70. The summed E-state index contributed by atoms with van der Waals surface area (Å²) in [6, 6.07) is 5.34. The summed E-state index contributed by atoms with van der Waals surface area (Å²) in [6.45, 7) is 7.94. The monoisotopic (exact) mass is 431 g/mol. The molecule has 0 atom stereocenters. The molecule has 2 N–H and O–H groups in total. The van der Waals surface area contributed by atoms with Gasteiger partial charge in [0, 0.05) is 18.2 Å². The maximum Gasteiger partial charge on any atom is 0.336 e. The zero-order valence-electron chi connectivity index (χ0n) is 16.5. The predicted molar refractivity (Wildman–Crippen MR) is 107 cm³/mol. The van der Waals surface area contributed by atoms with Crippen molar-refractivity contribution in [2.75, 3.05) is 19.8 Å². The Labute approximate surface area is 177 Å². The molecule has 10 nitrogen and oxygen atoms in total. The van der Waals surface area contributed by atoms with Crippen LogP contribution in [0.1, 0.15) is 20.7 Å². The van der Waals surface area contributed by atoms with E-state index in [1.807, 2.05) is 0 Å². The van der Waals surface area contributed by atoms with Crippen LogP contribution in [0.15, 0.2) is 62.2 Å². The van der Waals surface area contributed by atoms with Gasteiger partial charge in [-0.05, 0) is 12.1 Å². The van der Waals surface area contributed by atoms with Crippen molar-refractivity contribution in [3.05, 3.63) is 73.4 Å². The number of esters is 3. The van der Waals surface area contributed by atoms with E-state index in [2.05, 4.69) is 25.1 Å². The summed E-state index contributed by atoms with van der Waals surface area (Å²) in [5, 5.41) is 11.8. The average Bonchev–Trinajstić information content (AvgIpc) is 2.78. The van der Waals surface area contributed by atoms with Crippen molar-refractivity contribution in [3.63, 3.8) is 0 Å². The number of carboxylic acids is 1. The maximum atomic E-state index is 12.9. The van der Waals surface area contributed by atoms with Gasteiger partial charge in [-0.3, -0.25) is 4.79 Å². The van der Waals surface area contributed by atoms with E-state index in [0.29, 0.717) is 0 Å². The summed E-state index contributed by atoms with van der Waals surface area (Å²) >= 11 is 0. The highest BCUT2D eigenvalue weighted by Crippen LogP contribution is 2.15. The van der Waals surface area contributed by atoms with Gasteiger partial charge in [0.15, 0.2) is 0 Å². The van der Waals surface area contributed by atoms with Crippen LogP contribution in [0, 0.1) is 0 Å². The predicted octanol–water partition coefficient (Wildman–Crippen LogP) is 1.04. The second-order valence-electron chi connectivity index (χ2n) is 6.02. The number of carbonyl (C=O) groups is 5. The fraction of sp³-hybridized carbons (Fsp3) is 0.190. The van der Waals surface area contributed by atoms with Crippen molar-refractivity contribution in [1.82, 2.24) is 5.32 Å². The van der Waals surface area contributed by atoms with Crippen LogP contribution >= 0.6 is 0 Å². The Kier molecular flexibility index (Phi) is 9.38. The summed E-state index contributed by atoms with van der Waals surface area (Å²) in [5.41, 5.74) is -2.29. The molecule has 0 saturated heterocycles. The molecule has 0 aliphatic rings. The van der Waals surface area contributed by atoms with Crippen molar-refractivity contribution in [2.24, 2.45) is 0 Å². The van der Waals surface area contributed by atoms with Crippen molar-refractivity contribution in [3.8, 4) is 0 Å². The topological polar surface area (TPSA) is 145 Å². The van der Waals surface area contributed by atoms with Gasteiger partial charge in [-0.15, -0.1) is 0 Å². The number of nitrogens with one attached hydrogen (secondary N) is 1. The number of hydrogen-bond acceptors (Lipinski definition) is 8. The molecule has 0 heterocycles. The number of hydrogen-bond donors (Lipinski definition) is 2. The number of amides is 1. The number of carboxylic acid groups (broad SMARTS) is 1. The molecule has 0 fully saturated rings. The SMILES string of the molecule is C=CC(=O)OCC(COC(=O)C=C)(COC(=O)C=C)NC(=O)c1ccccc1C(=O)O. The molecule has 1 amide bonds. The van der Waals surface area contributed by atoms with Gasteiger partial charge >= 0.3 is 23.9 Å². The molecule has 1 aromatic carbocycles. The normalized spacial score (nSPS) is 10.2. The van der Waals surface area contributed by atoms with E-state index >= 15 is 0 Å². The van der Waals surface area contributed by atoms with Crippen LogP contribution in [0.3, 0.4) is 0 Å². The zero-order valence-corrected chi connectivity index (χ0v) is 16.5. The number of rotatable bonds is 12. The lowest BCUT2D eigenvalue weighted by molar-refractivity contribution is -0.150. The highest BCUT2D eigenvalue weighted by Gasteiger charge is 2.38. The van der Waals surface area contributed by atoms with E-state index in [0.717, 1.165) is 18.2 Å². The lowest BCUT2D eigenvalue weighted by Crippen LogP contribution is -2.59. The van der Waals surface area contributed by atoms with Crippen LogP contribution in [0.4, 0.5) is 0 Å². The molecule has 0 radical (unpaired) electrons. The summed E-state index contributed by atoms with van der Waals surface area (Å²) in [7, 11) is 0. The molecule has 31 heavy (non-hydrogen) atoms. The molecule has 0 unspecified atom stereocenters. The van der Waals surface area contributed by atoms with Gasteiger partial charge in [-0.25, -0.2) is 19.2 Å². The Balaban J connectivity index is 3.33. The minimum absolute atomic E-state index is 0.223. The molecule has 1 aromatic rings. The second-order valence-corrected chi connectivity index (χ2v) is 6.02. The van der Waals surface area contributed by atoms with Gasteiger partial charge in [-0.1, -0.05) is 31.9 Å². The fourth-order valence-corrected chi connectivity index (χ4v) is 2.21. The van der Waals surface area contributed by atoms with Crippen molar-refractivity contribution < 1.29 is 43.3 Å². The van der Waals surface area contributed by atoms with Crippen LogP contribution in [0.2, 0.25) is 0 Å². The van der Waals surface area contributed by atoms with Gasteiger partial charge in [-0.2, -0.15) is 0 Å². The van der Waals surface area contributed by atoms with Crippen LogP contribution < -0.4 is 5.32 Å². The Morgan fingerprint density at radius 2 is 1.19 bits per heavy atom.